The van der Waals surface area contributed by atoms with Crippen molar-refractivity contribution in [2.24, 2.45) is 56.7 Å². The topological polar surface area (TPSA) is 58.6 Å². The van der Waals surface area contributed by atoms with E-state index in [1.807, 2.05) is 0 Å². The molecule has 38 heavy (non-hydrogen) atoms. The number of allylic oxidation sites excluding steroid dienone is 1. The fourth-order valence-electron chi connectivity index (χ4n) is 12.4. The highest BCUT2D eigenvalue weighted by Crippen LogP contribution is 2.77. The van der Waals surface area contributed by atoms with E-state index in [2.05, 4.69) is 53.4 Å². The van der Waals surface area contributed by atoms with Gasteiger partial charge in [0.2, 0.25) is 0 Å². The Balaban J connectivity index is 1.48. The molecule has 2 N–H and O–H groups in total. The van der Waals surface area contributed by atoms with Crippen LogP contribution in [-0.4, -0.2) is 36.9 Å². The van der Waals surface area contributed by atoms with Crippen molar-refractivity contribution in [2.45, 2.75) is 119 Å². The molecule has 0 heterocycles. The quantitative estimate of drug-likeness (QED) is 0.219. The van der Waals surface area contributed by atoms with Gasteiger partial charge in [0.15, 0.2) is 0 Å². The SMILES string of the molecule is C=C(C)C1CCC2(CNCCO)CCC3(C)C(CCC4C5(C)CCC(OC(C)=O)C(C)(C)C5CCC43C)C12. The molecule has 5 fully saturated rings. The summed E-state index contributed by atoms with van der Waals surface area (Å²) in [5.41, 5.74) is 2.78. The molecular weight excluding hydrogens is 470 g/mol. The summed E-state index contributed by atoms with van der Waals surface area (Å²) < 4.78 is 5.93. The molecule has 0 aliphatic heterocycles. The van der Waals surface area contributed by atoms with Crippen LogP contribution in [0.5, 0.6) is 0 Å². The number of fused-ring (bicyclic) bond motifs is 7. The maximum absolute atomic E-state index is 11.9. The average Bonchev–Trinajstić information content (AvgIpc) is 3.21. The third kappa shape index (κ3) is 3.92. The molecule has 5 saturated carbocycles. The minimum atomic E-state index is -0.122. The molecule has 0 bridgehead atoms. The van der Waals surface area contributed by atoms with Gasteiger partial charge in [-0.15, -0.1) is 0 Å². The first kappa shape index (κ1) is 28.7. The highest BCUT2D eigenvalue weighted by atomic mass is 16.5. The molecule has 0 aromatic heterocycles. The Bertz CT molecular complexity index is 944. The highest BCUT2D eigenvalue weighted by molar-refractivity contribution is 5.66. The summed E-state index contributed by atoms with van der Waals surface area (Å²) in [6.45, 7) is 23.2. The Labute approximate surface area is 233 Å². The van der Waals surface area contributed by atoms with Gasteiger partial charge in [0, 0.05) is 25.4 Å². The molecule has 0 spiro atoms. The number of esters is 1. The zero-order valence-corrected chi connectivity index (χ0v) is 25.6. The van der Waals surface area contributed by atoms with Gasteiger partial charge >= 0.3 is 5.97 Å². The maximum Gasteiger partial charge on any atom is 0.302 e. The van der Waals surface area contributed by atoms with Crippen molar-refractivity contribution in [1.82, 2.24) is 5.32 Å². The monoisotopic (exact) mass is 527 g/mol. The lowest BCUT2D eigenvalue weighted by molar-refractivity contribution is -0.249. The van der Waals surface area contributed by atoms with Crippen LogP contribution in [0.2, 0.25) is 0 Å². The molecule has 10 atom stereocenters. The second-order valence-electron chi connectivity index (χ2n) is 15.9. The van der Waals surface area contributed by atoms with E-state index < -0.39 is 0 Å². The Morgan fingerprint density at radius 3 is 2.29 bits per heavy atom. The van der Waals surface area contributed by atoms with Crippen LogP contribution in [0.3, 0.4) is 0 Å². The molecule has 0 aromatic rings. The van der Waals surface area contributed by atoms with Gasteiger partial charge in [0.25, 0.3) is 0 Å². The maximum atomic E-state index is 11.9. The van der Waals surface area contributed by atoms with E-state index in [1.54, 1.807) is 6.92 Å². The summed E-state index contributed by atoms with van der Waals surface area (Å²) in [4.78, 5) is 11.9. The highest BCUT2D eigenvalue weighted by Gasteiger charge is 2.71. The minimum Gasteiger partial charge on any atom is -0.462 e. The van der Waals surface area contributed by atoms with E-state index in [-0.39, 0.29) is 24.1 Å². The molecule has 0 amide bonds. The minimum absolute atomic E-state index is 0.0222. The lowest BCUT2D eigenvalue weighted by atomic mass is 9.32. The fraction of sp³-hybridized carbons (Fsp3) is 0.912. The second kappa shape index (κ2) is 9.61. The van der Waals surface area contributed by atoms with Crippen molar-refractivity contribution >= 4 is 5.97 Å². The van der Waals surface area contributed by atoms with Gasteiger partial charge in [-0.25, -0.2) is 0 Å². The van der Waals surface area contributed by atoms with Crippen LogP contribution in [0.1, 0.15) is 113 Å². The van der Waals surface area contributed by atoms with Gasteiger partial charge in [0.05, 0.1) is 6.61 Å². The second-order valence-corrected chi connectivity index (χ2v) is 15.9. The van der Waals surface area contributed by atoms with Crippen molar-refractivity contribution in [3.63, 3.8) is 0 Å². The number of hydrogen-bond donors (Lipinski definition) is 2. The number of rotatable bonds is 6. The van der Waals surface area contributed by atoms with Crippen molar-refractivity contribution in [3.8, 4) is 0 Å². The van der Waals surface area contributed by atoms with Gasteiger partial charge in [-0.2, -0.15) is 0 Å². The van der Waals surface area contributed by atoms with Crippen molar-refractivity contribution < 1.29 is 14.6 Å². The van der Waals surface area contributed by atoms with Crippen LogP contribution in [-0.2, 0) is 9.53 Å². The van der Waals surface area contributed by atoms with Crippen LogP contribution in [0.25, 0.3) is 0 Å². The van der Waals surface area contributed by atoms with E-state index in [9.17, 15) is 9.90 Å². The molecule has 5 aliphatic carbocycles. The molecule has 216 valence electrons. The number of carbonyl (C=O) groups is 1. The number of hydrogen-bond acceptors (Lipinski definition) is 4. The zero-order chi connectivity index (χ0) is 27.7. The molecule has 10 unspecified atom stereocenters. The van der Waals surface area contributed by atoms with Crippen LogP contribution < -0.4 is 5.32 Å². The molecule has 0 saturated heterocycles. The molecule has 4 heteroatoms. The van der Waals surface area contributed by atoms with Crippen LogP contribution >= 0.6 is 0 Å². The lowest BCUT2D eigenvalue weighted by Gasteiger charge is -2.73. The predicted molar refractivity (Wildman–Crippen MR) is 154 cm³/mol. The largest absolute Gasteiger partial charge is 0.462 e. The molecule has 5 rings (SSSR count). The predicted octanol–water partition coefficient (Wildman–Crippen LogP) is 7.16. The van der Waals surface area contributed by atoms with Crippen LogP contribution in [0.15, 0.2) is 12.2 Å². The molecule has 0 radical (unpaired) electrons. The third-order valence-electron chi connectivity index (χ3n) is 14.3. The Hall–Kier alpha value is -0.870. The molecular formula is C34H57NO3. The van der Waals surface area contributed by atoms with E-state index in [0.717, 1.165) is 24.8 Å². The average molecular weight is 528 g/mol. The summed E-state index contributed by atoms with van der Waals surface area (Å²) in [6, 6.07) is 0. The van der Waals surface area contributed by atoms with Gasteiger partial charge in [-0.1, -0.05) is 46.8 Å². The first-order valence-electron chi connectivity index (χ1n) is 15.9. The van der Waals surface area contributed by atoms with E-state index in [0.29, 0.717) is 46.0 Å². The summed E-state index contributed by atoms with van der Waals surface area (Å²) in [5, 5.41) is 13.1. The van der Waals surface area contributed by atoms with E-state index >= 15 is 0 Å². The number of ether oxygens (including phenoxy) is 1. The number of aliphatic hydroxyl groups excluding tert-OH is 1. The smallest absolute Gasteiger partial charge is 0.302 e. The summed E-state index contributed by atoms with van der Waals surface area (Å²) in [7, 11) is 0. The molecule has 4 nitrogen and oxygen atoms in total. The Morgan fingerprint density at radius 1 is 0.895 bits per heavy atom. The van der Waals surface area contributed by atoms with Gasteiger partial charge in [0.1, 0.15) is 6.10 Å². The number of nitrogens with one attached hydrogen (secondary N) is 1. The number of carbonyl (C=O) groups excluding carboxylic acids is 1. The molecule has 5 aliphatic rings. The van der Waals surface area contributed by atoms with Gasteiger partial charge in [-0.05, 0) is 122 Å². The first-order chi connectivity index (χ1) is 17.8. The lowest BCUT2D eigenvalue weighted by Crippen LogP contribution is -2.67. The standard InChI is InChI=1S/C34H57NO3/c1-22(2)24-11-16-34(21-35-19-20-36)18-17-32(7)25(29(24)34)9-10-27-31(6)14-13-28(38-23(3)37)30(4,5)26(31)12-15-33(27,32)8/h24-29,35-36H,1,9-21H2,2-8H3. The van der Waals surface area contributed by atoms with Gasteiger partial charge in [-0.3, -0.25) is 4.79 Å². The Kier molecular flexibility index (Phi) is 7.24. The van der Waals surface area contributed by atoms with Crippen molar-refractivity contribution in [3.05, 3.63) is 12.2 Å². The summed E-state index contributed by atoms with van der Waals surface area (Å²) in [6.07, 6.45) is 12.8. The zero-order valence-electron chi connectivity index (χ0n) is 25.6. The fourth-order valence-corrected chi connectivity index (χ4v) is 12.4. The summed E-state index contributed by atoms with van der Waals surface area (Å²) in [5.74, 6) is 3.32. The number of aliphatic hydroxyl groups is 1. The third-order valence-corrected chi connectivity index (χ3v) is 14.3. The van der Waals surface area contributed by atoms with Crippen molar-refractivity contribution in [1.29, 1.82) is 0 Å². The Morgan fingerprint density at radius 2 is 1.63 bits per heavy atom. The first-order valence-corrected chi connectivity index (χ1v) is 15.9. The normalized spacial score (nSPS) is 49.3. The van der Waals surface area contributed by atoms with Crippen LogP contribution in [0, 0.1) is 56.7 Å². The van der Waals surface area contributed by atoms with Crippen molar-refractivity contribution in [2.75, 3.05) is 19.7 Å². The van der Waals surface area contributed by atoms with E-state index in [4.69, 9.17) is 4.74 Å². The van der Waals surface area contributed by atoms with E-state index in [1.165, 1.54) is 63.4 Å². The molecule has 0 aromatic carbocycles. The van der Waals surface area contributed by atoms with Gasteiger partial charge < -0.3 is 15.2 Å². The summed E-state index contributed by atoms with van der Waals surface area (Å²) >= 11 is 0. The van der Waals surface area contributed by atoms with Crippen LogP contribution in [0.4, 0.5) is 0 Å².